The molecule has 4 rings (SSSR count). The predicted octanol–water partition coefficient (Wildman–Crippen LogP) is 3.03. The largest absolute Gasteiger partial charge is 0.321 e. The van der Waals surface area contributed by atoms with Crippen LogP contribution in [0.5, 0.6) is 0 Å². The number of carbonyl (C=O) groups excluding carboxylic acids is 1. The molecule has 0 bridgehead atoms. The summed E-state index contributed by atoms with van der Waals surface area (Å²) in [5.41, 5.74) is 1.14. The number of fused-ring (bicyclic) bond motifs is 1. The molecule has 0 atom stereocenters. The minimum absolute atomic E-state index is 0.212. The van der Waals surface area contributed by atoms with Crippen molar-refractivity contribution in [2.24, 2.45) is 0 Å². The van der Waals surface area contributed by atoms with Gasteiger partial charge in [-0.15, -0.1) is 0 Å². The maximum atomic E-state index is 12.8. The summed E-state index contributed by atoms with van der Waals surface area (Å²) in [6.45, 7) is 2.37. The zero-order valence-electron chi connectivity index (χ0n) is 16.2. The quantitative estimate of drug-likeness (QED) is 0.719. The fourth-order valence-corrected chi connectivity index (χ4v) is 4.91. The maximum Gasteiger partial charge on any atom is 0.255 e. The highest BCUT2D eigenvalue weighted by Gasteiger charge is 2.27. The van der Waals surface area contributed by atoms with Gasteiger partial charge in [-0.3, -0.25) is 4.79 Å². The van der Waals surface area contributed by atoms with E-state index in [-0.39, 0.29) is 10.8 Å². The van der Waals surface area contributed by atoms with Crippen LogP contribution < -0.4 is 5.32 Å². The van der Waals surface area contributed by atoms with E-state index < -0.39 is 10.0 Å². The first-order valence-corrected chi connectivity index (χ1v) is 11.0. The minimum atomic E-state index is -3.54. The predicted molar refractivity (Wildman–Crippen MR) is 115 cm³/mol. The first-order valence-electron chi connectivity index (χ1n) is 9.53. The molecule has 1 saturated heterocycles. The van der Waals surface area contributed by atoms with Crippen molar-refractivity contribution in [2.45, 2.75) is 4.90 Å². The van der Waals surface area contributed by atoms with Crippen molar-refractivity contribution >= 4 is 32.4 Å². The average Bonchev–Trinajstić information content (AvgIpc) is 2.74. The van der Waals surface area contributed by atoms with Crippen molar-refractivity contribution in [3.8, 4) is 0 Å². The zero-order chi connectivity index (χ0) is 20.4. The number of nitrogens with one attached hydrogen (secondary N) is 1. The van der Waals surface area contributed by atoms with Crippen LogP contribution in [0.1, 0.15) is 10.4 Å². The van der Waals surface area contributed by atoms with Crippen LogP contribution in [0.15, 0.2) is 71.6 Å². The molecular formula is C22H23N3O3S. The summed E-state index contributed by atoms with van der Waals surface area (Å²) in [5.74, 6) is -0.273. The molecule has 1 aliphatic heterocycles. The molecule has 0 aromatic heterocycles. The fourth-order valence-electron chi connectivity index (χ4n) is 3.48. The number of benzene rings is 3. The Morgan fingerprint density at radius 2 is 1.52 bits per heavy atom. The Kier molecular flexibility index (Phi) is 5.36. The van der Waals surface area contributed by atoms with Gasteiger partial charge in [-0.05, 0) is 42.8 Å². The number of piperazine rings is 1. The van der Waals surface area contributed by atoms with Crippen LogP contribution in [0, 0.1) is 0 Å². The van der Waals surface area contributed by atoms with Gasteiger partial charge in [0, 0.05) is 42.8 Å². The van der Waals surface area contributed by atoms with Gasteiger partial charge in [0.25, 0.3) is 5.91 Å². The molecule has 1 amide bonds. The van der Waals surface area contributed by atoms with Crippen LogP contribution in [0.3, 0.4) is 0 Å². The van der Waals surface area contributed by atoms with Crippen LogP contribution in [0.25, 0.3) is 10.8 Å². The Morgan fingerprint density at radius 3 is 2.24 bits per heavy atom. The average molecular weight is 410 g/mol. The van der Waals surface area contributed by atoms with E-state index in [2.05, 4.69) is 10.2 Å². The van der Waals surface area contributed by atoms with E-state index in [9.17, 15) is 13.2 Å². The van der Waals surface area contributed by atoms with Crippen molar-refractivity contribution in [2.75, 3.05) is 38.5 Å². The second kappa shape index (κ2) is 7.94. The van der Waals surface area contributed by atoms with Gasteiger partial charge in [-0.1, -0.05) is 36.4 Å². The molecule has 0 unspecified atom stereocenters. The van der Waals surface area contributed by atoms with Crippen molar-refractivity contribution in [1.29, 1.82) is 0 Å². The third kappa shape index (κ3) is 4.03. The van der Waals surface area contributed by atoms with E-state index in [0.29, 0.717) is 31.7 Å². The van der Waals surface area contributed by atoms with Gasteiger partial charge in [-0.25, -0.2) is 8.42 Å². The highest BCUT2D eigenvalue weighted by molar-refractivity contribution is 7.89. The highest BCUT2D eigenvalue weighted by atomic mass is 32.2. The van der Waals surface area contributed by atoms with E-state index in [1.54, 1.807) is 12.1 Å². The molecule has 150 valence electrons. The lowest BCUT2D eigenvalue weighted by molar-refractivity contribution is 0.102. The number of carbonyl (C=O) groups is 1. The number of hydrogen-bond acceptors (Lipinski definition) is 4. The highest BCUT2D eigenvalue weighted by Crippen LogP contribution is 2.24. The lowest BCUT2D eigenvalue weighted by Crippen LogP contribution is -2.47. The summed E-state index contributed by atoms with van der Waals surface area (Å²) in [6.07, 6.45) is 0. The fraction of sp³-hybridized carbons (Fsp3) is 0.227. The second-order valence-electron chi connectivity index (χ2n) is 7.21. The summed E-state index contributed by atoms with van der Waals surface area (Å²) in [5, 5.41) is 4.92. The Bertz CT molecular complexity index is 1130. The lowest BCUT2D eigenvalue weighted by atomic mass is 10.1. The smallest absolute Gasteiger partial charge is 0.255 e. The molecule has 6 nitrogen and oxygen atoms in total. The molecule has 0 saturated carbocycles. The third-order valence-electron chi connectivity index (χ3n) is 5.25. The van der Waals surface area contributed by atoms with Gasteiger partial charge >= 0.3 is 0 Å². The molecule has 1 fully saturated rings. The first kappa shape index (κ1) is 19.6. The van der Waals surface area contributed by atoms with E-state index in [0.717, 1.165) is 16.5 Å². The number of anilines is 1. The molecule has 1 heterocycles. The Labute approximate surface area is 170 Å². The second-order valence-corrected chi connectivity index (χ2v) is 9.15. The normalized spacial score (nSPS) is 16.0. The van der Waals surface area contributed by atoms with Crippen molar-refractivity contribution in [3.63, 3.8) is 0 Å². The van der Waals surface area contributed by atoms with Gasteiger partial charge in [-0.2, -0.15) is 4.31 Å². The van der Waals surface area contributed by atoms with Crippen LogP contribution >= 0.6 is 0 Å². The molecule has 0 radical (unpaired) electrons. The standard InChI is InChI=1S/C22H23N3O3S/c1-24-13-15-25(16-14-24)29(27,28)19-11-9-18(10-12-19)22(26)23-21-8-4-6-17-5-2-3-7-20(17)21/h2-12H,13-16H2,1H3,(H,23,26). The number of nitrogens with zero attached hydrogens (tertiary/aromatic N) is 2. The number of sulfonamides is 1. The van der Waals surface area contributed by atoms with E-state index in [1.165, 1.54) is 16.4 Å². The Balaban J connectivity index is 1.52. The number of hydrogen-bond donors (Lipinski definition) is 1. The summed E-state index contributed by atoms with van der Waals surface area (Å²) < 4.78 is 27.1. The Hall–Kier alpha value is -2.74. The molecule has 0 aliphatic carbocycles. The van der Waals surface area contributed by atoms with Crippen LogP contribution in [-0.2, 0) is 10.0 Å². The van der Waals surface area contributed by atoms with Gasteiger partial charge < -0.3 is 10.2 Å². The van der Waals surface area contributed by atoms with Crippen molar-refractivity contribution in [1.82, 2.24) is 9.21 Å². The van der Waals surface area contributed by atoms with Gasteiger partial charge in [0.2, 0.25) is 10.0 Å². The van der Waals surface area contributed by atoms with Crippen molar-refractivity contribution < 1.29 is 13.2 Å². The third-order valence-corrected chi connectivity index (χ3v) is 7.17. The van der Waals surface area contributed by atoms with Gasteiger partial charge in [0.15, 0.2) is 0 Å². The van der Waals surface area contributed by atoms with E-state index in [1.807, 2.05) is 49.5 Å². The summed E-state index contributed by atoms with van der Waals surface area (Å²) >= 11 is 0. The molecule has 29 heavy (non-hydrogen) atoms. The molecule has 1 aliphatic rings. The maximum absolute atomic E-state index is 12.8. The van der Waals surface area contributed by atoms with Crippen molar-refractivity contribution in [3.05, 3.63) is 72.3 Å². The first-order chi connectivity index (χ1) is 13.9. The minimum Gasteiger partial charge on any atom is -0.321 e. The zero-order valence-corrected chi connectivity index (χ0v) is 17.0. The summed E-state index contributed by atoms with van der Waals surface area (Å²) in [6, 6.07) is 19.7. The molecule has 3 aromatic rings. The van der Waals surface area contributed by atoms with Crippen LogP contribution in [0.2, 0.25) is 0 Å². The van der Waals surface area contributed by atoms with Gasteiger partial charge in [0.05, 0.1) is 4.90 Å². The van der Waals surface area contributed by atoms with E-state index >= 15 is 0 Å². The van der Waals surface area contributed by atoms with E-state index in [4.69, 9.17) is 0 Å². The van der Waals surface area contributed by atoms with Gasteiger partial charge in [0.1, 0.15) is 0 Å². The number of likely N-dealkylation sites (N-methyl/N-ethyl adjacent to an activating group) is 1. The molecular weight excluding hydrogens is 386 g/mol. The molecule has 0 spiro atoms. The molecule has 1 N–H and O–H groups in total. The monoisotopic (exact) mass is 409 g/mol. The Morgan fingerprint density at radius 1 is 0.862 bits per heavy atom. The SMILES string of the molecule is CN1CCN(S(=O)(=O)c2ccc(C(=O)Nc3cccc4ccccc34)cc2)CC1. The summed E-state index contributed by atoms with van der Waals surface area (Å²) in [7, 11) is -1.56. The molecule has 7 heteroatoms. The topological polar surface area (TPSA) is 69.7 Å². The summed E-state index contributed by atoms with van der Waals surface area (Å²) in [4.78, 5) is 15.0. The van der Waals surface area contributed by atoms with Crippen LogP contribution in [-0.4, -0.2) is 56.8 Å². The molecule has 3 aromatic carbocycles. The lowest BCUT2D eigenvalue weighted by Gasteiger charge is -2.31. The number of amides is 1. The van der Waals surface area contributed by atoms with Crippen LogP contribution in [0.4, 0.5) is 5.69 Å². The number of rotatable bonds is 4.